The fourth-order valence-corrected chi connectivity index (χ4v) is 1.19. The van der Waals surface area contributed by atoms with Gasteiger partial charge in [-0.3, -0.25) is 0 Å². The Balaban J connectivity index is 3.29. The topological polar surface area (TPSA) is 20.2 Å². The molecule has 0 unspecified atom stereocenters. The van der Waals surface area contributed by atoms with Crippen LogP contribution in [0.25, 0.3) is 0 Å². The number of hydrogen-bond donors (Lipinski definition) is 1. The third-order valence-electron chi connectivity index (χ3n) is 1.34. The van der Waals surface area contributed by atoms with Crippen molar-refractivity contribution in [2.45, 2.75) is 6.18 Å². The second-order valence-corrected chi connectivity index (χ2v) is 3.14. The van der Waals surface area contributed by atoms with Crippen molar-refractivity contribution in [3.63, 3.8) is 0 Å². The second kappa shape index (κ2) is 3.17. The molecule has 0 saturated heterocycles. The van der Waals surface area contributed by atoms with Crippen LogP contribution in [0.15, 0.2) is 16.6 Å². The van der Waals surface area contributed by atoms with Gasteiger partial charge in [-0.05, 0) is 28.1 Å². The highest BCUT2D eigenvalue weighted by molar-refractivity contribution is 9.10. The Labute approximate surface area is 79.1 Å². The Morgan fingerprint density at radius 1 is 1.23 bits per heavy atom. The first-order chi connectivity index (χ1) is 5.82. The predicted molar refractivity (Wildman–Crippen MR) is 40.8 cm³/mol. The molecule has 0 spiro atoms. The lowest BCUT2D eigenvalue weighted by atomic mass is 10.2. The number of phenols is 1. The summed E-state index contributed by atoms with van der Waals surface area (Å²) in [6.07, 6.45) is -4.59. The van der Waals surface area contributed by atoms with Gasteiger partial charge in [-0.2, -0.15) is 13.2 Å². The Bertz CT molecular complexity index is 311. The first-order valence-electron chi connectivity index (χ1n) is 3.07. The lowest BCUT2D eigenvalue weighted by Gasteiger charge is -2.08. The summed E-state index contributed by atoms with van der Waals surface area (Å²) >= 11 is 2.55. The zero-order chi connectivity index (χ0) is 10.2. The zero-order valence-corrected chi connectivity index (χ0v) is 7.58. The molecule has 0 aliphatic rings. The minimum atomic E-state index is -4.59. The van der Waals surface area contributed by atoms with E-state index in [2.05, 4.69) is 15.9 Å². The Morgan fingerprint density at radius 3 is 2.15 bits per heavy atom. The van der Waals surface area contributed by atoms with Crippen LogP contribution in [-0.2, 0) is 6.18 Å². The summed E-state index contributed by atoms with van der Waals surface area (Å²) in [4.78, 5) is 0. The highest BCUT2D eigenvalue weighted by atomic mass is 79.9. The molecule has 0 aromatic heterocycles. The van der Waals surface area contributed by atoms with Gasteiger partial charge in [0.25, 0.3) is 0 Å². The van der Waals surface area contributed by atoms with Gasteiger partial charge in [-0.25, -0.2) is 4.39 Å². The molecule has 0 bridgehead atoms. The van der Waals surface area contributed by atoms with Crippen molar-refractivity contribution < 1.29 is 22.7 Å². The monoisotopic (exact) mass is 258 g/mol. The molecule has 1 rings (SSSR count). The normalized spacial score (nSPS) is 11.8. The molecule has 0 radical (unpaired) electrons. The molecule has 1 N–H and O–H groups in total. The highest BCUT2D eigenvalue weighted by Crippen LogP contribution is 2.35. The minimum absolute atomic E-state index is 0.333. The molecule has 0 atom stereocenters. The minimum Gasteiger partial charge on any atom is -0.505 e. The number of alkyl halides is 3. The molecule has 0 fully saturated rings. The molecule has 1 aromatic carbocycles. The molecule has 0 heterocycles. The number of benzene rings is 1. The molecule has 0 amide bonds. The molecule has 0 aliphatic carbocycles. The van der Waals surface area contributed by atoms with Crippen molar-refractivity contribution in [2.75, 3.05) is 0 Å². The number of hydrogen-bond acceptors (Lipinski definition) is 1. The molecular weight excluding hydrogens is 256 g/mol. The first kappa shape index (κ1) is 10.3. The van der Waals surface area contributed by atoms with E-state index >= 15 is 0 Å². The summed E-state index contributed by atoms with van der Waals surface area (Å²) in [7, 11) is 0. The number of aromatic hydroxyl groups is 1. The van der Waals surface area contributed by atoms with Gasteiger partial charge in [0.05, 0.1) is 10.0 Å². The van der Waals surface area contributed by atoms with Crippen LogP contribution in [0.3, 0.4) is 0 Å². The van der Waals surface area contributed by atoms with Crippen LogP contribution in [0.2, 0.25) is 0 Å². The maximum atomic E-state index is 12.6. The van der Waals surface area contributed by atoms with E-state index in [1.54, 1.807) is 0 Å². The SMILES string of the molecule is Oc1cc(C(F)(F)F)cc(Br)c1F. The number of phenolic OH excluding ortho intramolecular Hbond substituents is 1. The largest absolute Gasteiger partial charge is 0.505 e. The molecule has 1 nitrogen and oxygen atoms in total. The van der Waals surface area contributed by atoms with Crippen LogP contribution >= 0.6 is 15.9 Å². The van der Waals surface area contributed by atoms with Gasteiger partial charge in [-0.15, -0.1) is 0 Å². The van der Waals surface area contributed by atoms with Gasteiger partial charge < -0.3 is 5.11 Å². The predicted octanol–water partition coefficient (Wildman–Crippen LogP) is 3.31. The molecule has 0 saturated carbocycles. The summed E-state index contributed by atoms with van der Waals surface area (Å²) in [6, 6.07) is 0.898. The average Bonchev–Trinajstić information content (AvgIpc) is 1.97. The summed E-state index contributed by atoms with van der Waals surface area (Å²) in [6.45, 7) is 0. The second-order valence-electron chi connectivity index (χ2n) is 2.29. The summed E-state index contributed by atoms with van der Waals surface area (Å²) in [5.41, 5.74) is -1.10. The Kier molecular flexibility index (Phi) is 2.51. The van der Waals surface area contributed by atoms with E-state index in [9.17, 15) is 17.6 Å². The zero-order valence-electron chi connectivity index (χ0n) is 5.99. The Hall–Kier alpha value is -0.780. The molecule has 72 valence electrons. The van der Waals surface area contributed by atoms with Crippen molar-refractivity contribution in [1.82, 2.24) is 0 Å². The van der Waals surface area contributed by atoms with Crippen molar-refractivity contribution >= 4 is 15.9 Å². The molecular formula is C7H3BrF4O. The van der Waals surface area contributed by atoms with Gasteiger partial charge in [0.1, 0.15) is 0 Å². The van der Waals surface area contributed by atoms with E-state index in [1.807, 2.05) is 0 Å². The average molecular weight is 259 g/mol. The highest BCUT2D eigenvalue weighted by Gasteiger charge is 2.32. The van der Waals surface area contributed by atoms with Crippen molar-refractivity contribution in [3.8, 4) is 5.75 Å². The third kappa shape index (κ3) is 2.12. The van der Waals surface area contributed by atoms with E-state index in [4.69, 9.17) is 5.11 Å². The fourth-order valence-electron chi connectivity index (χ4n) is 0.738. The standard InChI is InChI=1S/C7H3BrF4O/c8-4-1-3(7(10,11)12)2-5(13)6(4)9/h1-2,13H. The maximum absolute atomic E-state index is 12.6. The van der Waals surface area contributed by atoms with Gasteiger partial charge in [-0.1, -0.05) is 0 Å². The molecule has 13 heavy (non-hydrogen) atoms. The van der Waals surface area contributed by atoms with E-state index in [0.29, 0.717) is 12.1 Å². The van der Waals surface area contributed by atoms with E-state index in [1.165, 1.54) is 0 Å². The first-order valence-corrected chi connectivity index (χ1v) is 3.87. The van der Waals surface area contributed by atoms with Gasteiger partial charge >= 0.3 is 6.18 Å². The van der Waals surface area contributed by atoms with Crippen molar-refractivity contribution in [1.29, 1.82) is 0 Å². The lowest BCUT2D eigenvalue weighted by molar-refractivity contribution is -0.137. The van der Waals surface area contributed by atoms with Gasteiger partial charge in [0.15, 0.2) is 11.6 Å². The van der Waals surface area contributed by atoms with Gasteiger partial charge in [0, 0.05) is 0 Å². The molecule has 0 aliphatic heterocycles. The fraction of sp³-hybridized carbons (Fsp3) is 0.143. The summed E-state index contributed by atoms with van der Waals surface area (Å²) < 4.78 is 48.3. The van der Waals surface area contributed by atoms with Crippen LogP contribution in [-0.4, -0.2) is 5.11 Å². The summed E-state index contributed by atoms with van der Waals surface area (Å²) in [5.74, 6) is -2.13. The number of halogens is 5. The van der Waals surface area contributed by atoms with E-state index in [0.717, 1.165) is 0 Å². The van der Waals surface area contributed by atoms with Gasteiger partial charge in [0.2, 0.25) is 0 Å². The van der Waals surface area contributed by atoms with Crippen LogP contribution in [0.4, 0.5) is 17.6 Å². The number of rotatable bonds is 0. The smallest absolute Gasteiger partial charge is 0.416 e. The van der Waals surface area contributed by atoms with Crippen LogP contribution in [0, 0.1) is 5.82 Å². The third-order valence-corrected chi connectivity index (χ3v) is 1.91. The lowest BCUT2D eigenvalue weighted by Crippen LogP contribution is -2.05. The molecule has 1 aromatic rings. The van der Waals surface area contributed by atoms with E-state index < -0.39 is 27.8 Å². The van der Waals surface area contributed by atoms with Crippen molar-refractivity contribution in [3.05, 3.63) is 28.0 Å². The summed E-state index contributed by atoms with van der Waals surface area (Å²) in [5, 5.41) is 8.74. The van der Waals surface area contributed by atoms with Crippen LogP contribution in [0.1, 0.15) is 5.56 Å². The van der Waals surface area contributed by atoms with E-state index in [-0.39, 0.29) is 0 Å². The molecule has 6 heteroatoms. The van der Waals surface area contributed by atoms with Crippen LogP contribution < -0.4 is 0 Å². The van der Waals surface area contributed by atoms with Crippen LogP contribution in [0.5, 0.6) is 5.75 Å². The Morgan fingerprint density at radius 2 is 1.77 bits per heavy atom. The maximum Gasteiger partial charge on any atom is 0.416 e. The van der Waals surface area contributed by atoms with Crippen molar-refractivity contribution in [2.24, 2.45) is 0 Å². The quantitative estimate of drug-likeness (QED) is 0.708.